The van der Waals surface area contributed by atoms with Crippen molar-refractivity contribution in [2.45, 2.75) is 45.7 Å². The molecule has 0 aliphatic carbocycles. The summed E-state index contributed by atoms with van der Waals surface area (Å²) in [4.78, 5) is 29.3. The van der Waals surface area contributed by atoms with Crippen molar-refractivity contribution in [2.24, 2.45) is 5.92 Å². The van der Waals surface area contributed by atoms with Crippen molar-refractivity contribution in [1.82, 2.24) is 24.5 Å². The molecule has 3 aromatic heterocycles. The molecule has 0 bridgehead atoms. The van der Waals surface area contributed by atoms with Gasteiger partial charge in [-0.2, -0.15) is 9.78 Å². The first-order valence-electron chi connectivity index (χ1n) is 13.6. The van der Waals surface area contributed by atoms with Gasteiger partial charge in [0.05, 0.1) is 18.8 Å². The summed E-state index contributed by atoms with van der Waals surface area (Å²) in [6.45, 7) is 6.34. The predicted molar refractivity (Wildman–Crippen MR) is 156 cm³/mol. The molecule has 2 fully saturated rings. The lowest BCUT2D eigenvalue weighted by Crippen LogP contribution is -2.51. The lowest BCUT2D eigenvalue weighted by molar-refractivity contribution is -0.138. The van der Waals surface area contributed by atoms with Crippen LogP contribution in [0.1, 0.15) is 42.3 Å². The molecule has 2 aliphatic rings. The van der Waals surface area contributed by atoms with Gasteiger partial charge in [-0.15, -0.1) is 5.10 Å². The van der Waals surface area contributed by atoms with Crippen LogP contribution in [0.4, 0.5) is 20.5 Å². The molecular formula is C28H31FN8OS2. The third-order valence-electron chi connectivity index (χ3n) is 7.73. The summed E-state index contributed by atoms with van der Waals surface area (Å²) >= 11 is 2.93. The number of nitrogens with zero attached hydrogens (tertiary/aromatic N) is 8. The highest BCUT2D eigenvalue weighted by molar-refractivity contribution is 7.20. The van der Waals surface area contributed by atoms with Crippen LogP contribution in [0.3, 0.4) is 0 Å². The standard InChI is InChI=1S/C28H31FN8OS2/c1-4-21-25(34(3)26-32-24(22(13-30)39-26)19-8-5-17(2)6-9-19)37-27(31-21)40-28(33-37)35-12-11-18(14-35)7-10-23(38)36-15-20(29)16-36/h5-6,8-9,18,20H,4,7,10-12,14-16H2,1-3H3. The summed E-state index contributed by atoms with van der Waals surface area (Å²) in [5, 5.41) is 16.4. The average molecular weight is 579 g/mol. The second-order valence-corrected chi connectivity index (χ2v) is 12.5. The Morgan fingerprint density at radius 1 is 1.20 bits per heavy atom. The molecule has 1 atom stereocenters. The lowest BCUT2D eigenvalue weighted by Gasteiger charge is -2.34. The first-order valence-corrected chi connectivity index (χ1v) is 15.2. The van der Waals surface area contributed by atoms with Crippen molar-refractivity contribution >= 4 is 49.6 Å². The molecule has 0 N–H and O–H groups in total. The number of hydrogen-bond acceptors (Lipinski definition) is 9. The molecule has 5 heterocycles. The number of likely N-dealkylation sites (tertiary alicyclic amines) is 1. The van der Waals surface area contributed by atoms with Crippen molar-refractivity contribution in [3.63, 3.8) is 0 Å². The van der Waals surface area contributed by atoms with E-state index < -0.39 is 6.17 Å². The highest BCUT2D eigenvalue weighted by atomic mass is 32.1. The number of imidazole rings is 1. The maximum absolute atomic E-state index is 13.1. The zero-order chi connectivity index (χ0) is 28.0. The monoisotopic (exact) mass is 578 g/mol. The third-order valence-corrected chi connectivity index (χ3v) is 9.74. The predicted octanol–water partition coefficient (Wildman–Crippen LogP) is 5.21. The molecule has 1 aromatic carbocycles. The van der Waals surface area contributed by atoms with Gasteiger partial charge < -0.3 is 14.7 Å². The van der Waals surface area contributed by atoms with Crippen LogP contribution in [0, 0.1) is 24.2 Å². The van der Waals surface area contributed by atoms with Gasteiger partial charge in [-0.3, -0.25) is 4.79 Å². The molecule has 12 heteroatoms. The van der Waals surface area contributed by atoms with E-state index in [4.69, 9.17) is 15.1 Å². The highest BCUT2D eigenvalue weighted by Gasteiger charge is 2.32. The molecule has 1 amide bonds. The number of hydrogen-bond donors (Lipinski definition) is 0. The molecule has 4 aromatic rings. The average Bonchev–Trinajstić information content (AvgIpc) is 3.72. The largest absolute Gasteiger partial charge is 0.346 e. The minimum atomic E-state index is -0.855. The van der Waals surface area contributed by atoms with E-state index >= 15 is 0 Å². The molecule has 2 aliphatic heterocycles. The van der Waals surface area contributed by atoms with Crippen LogP contribution in [0.2, 0.25) is 0 Å². The summed E-state index contributed by atoms with van der Waals surface area (Å²) < 4.78 is 15.0. The van der Waals surface area contributed by atoms with E-state index in [0.29, 0.717) is 28.0 Å². The molecule has 208 valence electrons. The number of rotatable bonds is 8. The van der Waals surface area contributed by atoms with Crippen molar-refractivity contribution in [3.05, 3.63) is 40.4 Å². The molecule has 40 heavy (non-hydrogen) atoms. The number of halogens is 1. The number of alkyl halides is 1. The molecular weight excluding hydrogens is 547 g/mol. The minimum absolute atomic E-state index is 0.0621. The van der Waals surface area contributed by atoms with Gasteiger partial charge in [-0.05, 0) is 32.1 Å². The van der Waals surface area contributed by atoms with Gasteiger partial charge in [0.15, 0.2) is 10.9 Å². The Morgan fingerprint density at radius 2 is 1.98 bits per heavy atom. The molecule has 1 unspecified atom stereocenters. The van der Waals surface area contributed by atoms with E-state index in [0.717, 1.165) is 65.1 Å². The van der Waals surface area contributed by atoms with Crippen LogP contribution in [0.5, 0.6) is 0 Å². The number of nitriles is 1. The Morgan fingerprint density at radius 3 is 2.67 bits per heavy atom. The van der Waals surface area contributed by atoms with E-state index in [-0.39, 0.29) is 19.0 Å². The zero-order valence-corrected chi connectivity index (χ0v) is 24.4. The Bertz CT molecular complexity index is 1580. The smallest absolute Gasteiger partial charge is 0.222 e. The fourth-order valence-electron chi connectivity index (χ4n) is 5.35. The number of carbonyl (C=O) groups excluding carboxylic acids is 1. The van der Waals surface area contributed by atoms with Crippen LogP contribution in [0.15, 0.2) is 24.3 Å². The maximum atomic E-state index is 13.1. The lowest BCUT2D eigenvalue weighted by atomic mass is 10.0. The van der Waals surface area contributed by atoms with Gasteiger partial charge in [-0.1, -0.05) is 59.4 Å². The summed E-state index contributed by atoms with van der Waals surface area (Å²) in [5.74, 6) is 1.33. The first-order chi connectivity index (χ1) is 19.3. The van der Waals surface area contributed by atoms with E-state index in [1.54, 1.807) is 16.2 Å². The molecule has 9 nitrogen and oxygen atoms in total. The van der Waals surface area contributed by atoms with E-state index in [1.807, 2.05) is 47.7 Å². The van der Waals surface area contributed by atoms with Crippen molar-refractivity contribution in [1.29, 1.82) is 5.26 Å². The highest BCUT2D eigenvalue weighted by Crippen LogP contribution is 2.39. The van der Waals surface area contributed by atoms with Crippen LogP contribution >= 0.6 is 22.7 Å². The van der Waals surface area contributed by atoms with Crippen LogP contribution < -0.4 is 9.80 Å². The second kappa shape index (κ2) is 10.8. The fraction of sp³-hybridized carbons (Fsp3) is 0.464. The molecule has 6 rings (SSSR count). The third kappa shape index (κ3) is 4.92. The van der Waals surface area contributed by atoms with Crippen molar-refractivity contribution in [2.75, 3.05) is 43.0 Å². The van der Waals surface area contributed by atoms with Gasteiger partial charge in [0.1, 0.15) is 22.8 Å². The molecule has 0 spiro atoms. The Balaban J connectivity index is 1.21. The number of aromatic nitrogens is 4. The number of anilines is 3. The number of carbonyl (C=O) groups is 1. The Kier molecular flexibility index (Phi) is 7.18. The number of fused-ring (bicyclic) bond motifs is 1. The SMILES string of the molecule is CCc1nc2sc(N3CCC(CCC(=O)N4CC(F)C4)C3)nn2c1N(C)c1nc(-c2ccc(C)cc2)c(C#N)s1. The fourth-order valence-corrected chi connectivity index (χ4v) is 7.15. The number of amides is 1. The Hall–Kier alpha value is -3.56. The van der Waals surface area contributed by atoms with Crippen LogP contribution in [-0.2, 0) is 11.2 Å². The van der Waals surface area contributed by atoms with Crippen molar-refractivity contribution < 1.29 is 9.18 Å². The van der Waals surface area contributed by atoms with Crippen LogP contribution in [-0.4, -0.2) is 69.8 Å². The number of thiazole rings is 1. The van der Waals surface area contributed by atoms with Gasteiger partial charge in [-0.25, -0.2) is 14.4 Å². The number of benzene rings is 1. The van der Waals surface area contributed by atoms with Crippen LogP contribution in [0.25, 0.3) is 16.2 Å². The van der Waals surface area contributed by atoms with Gasteiger partial charge in [0, 0.05) is 32.1 Å². The Labute approximate surface area is 240 Å². The summed E-state index contributed by atoms with van der Waals surface area (Å²) in [6, 6.07) is 10.4. The molecule has 0 radical (unpaired) electrons. The molecule has 0 saturated carbocycles. The van der Waals surface area contributed by atoms with Gasteiger partial charge in [0.2, 0.25) is 16.0 Å². The summed E-state index contributed by atoms with van der Waals surface area (Å²) in [5.41, 5.74) is 3.69. The molecule has 2 saturated heterocycles. The quantitative estimate of drug-likeness (QED) is 0.283. The van der Waals surface area contributed by atoms with Crippen molar-refractivity contribution in [3.8, 4) is 17.3 Å². The zero-order valence-electron chi connectivity index (χ0n) is 22.8. The van der Waals surface area contributed by atoms with Gasteiger partial charge in [0.25, 0.3) is 0 Å². The minimum Gasteiger partial charge on any atom is -0.346 e. The summed E-state index contributed by atoms with van der Waals surface area (Å²) in [6.07, 6.45) is 2.18. The van der Waals surface area contributed by atoms with E-state index in [9.17, 15) is 14.4 Å². The number of aryl methyl sites for hydroxylation is 2. The first kappa shape index (κ1) is 26.7. The van der Waals surface area contributed by atoms with Gasteiger partial charge >= 0.3 is 0 Å². The van der Waals surface area contributed by atoms with E-state index in [1.165, 1.54) is 11.3 Å². The maximum Gasteiger partial charge on any atom is 0.222 e. The normalized spacial score (nSPS) is 17.4. The topological polar surface area (TPSA) is 93.7 Å². The summed E-state index contributed by atoms with van der Waals surface area (Å²) in [7, 11) is 1.95. The second-order valence-electron chi connectivity index (χ2n) is 10.6. The van der Waals surface area contributed by atoms with E-state index in [2.05, 4.69) is 17.9 Å².